The van der Waals surface area contributed by atoms with Gasteiger partial charge in [0.1, 0.15) is 0 Å². The standard InChI is InChI=1S/C15H22N4O4/c1-11-9-13(19(21)22)15(16-10-11)17-12-3-6-18(7-4-12)14(20)5-8-23-2/h9-10,12H,3-8H2,1-2H3,(H,16,17). The first-order valence-corrected chi connectivity index (χ1v) is 7.65. The fraction of sp³-hybridized carbons (Fsp3) is 0.600. The zero-order valence-electron chi connectivity index (χ0n) is 13.4. The molecule has 1 aromatic rings. The van der Waals surface area contributed by atoms with Crippen LogP contribution in [0.4, 0.5) is 11.5 Å². The number of likely N-dealkylation sites (tertiary alicyclic amines) is 1. The van der Waals surface area contributed by atoms with Crippen molar-refractivity contribution in [3.05, 3.63) is 27.9 Å². The number of nitrogens with zero attached hydrogens (tertiary/aromatic N) is 3. The molecule has 1 saturated heterocycles. The highest BCUT2D eigenvalue weighted by atomic mass is 16.6. The molecule has 0 aromatic carbocycles. The minimum absolute atomic E-state index is 0.0106. The Hall–Kier alpha value is -2.22. The minimum Gasteiger partial charge on any atom is -0.384 e. The van der Waals surface area contributed by atoms with Crippen molar-refractivity contribution in [2.45, 2.75) is 32.2 Å². The van der Waals surface area contributed by atoms with E-state index in [-0.39, 0.29) is 17.6 Å². The average molecular weight is 322 g/mol. The van der Waals surface area contributed by atoms with Gasteiger partial charge in [0.2, 0.25) is 11.7 Å². The minimum atomic E-state index is -0.425. The molecule has 0 atom stereocenters. The van der Waals surface area contributed by atoms with Crippen LogP contribution in [0.3, 0.4) is 0 Å². The molecule has 0 radical (unpaired) electrons. The molecule has 8 nitrogen and oxygen atoms in total. The largest absolute Gasteiger partial charge is 0.384 e. The van der Waals surface area contributed by atoms with E-state index in [2.05, 4.69) is 10.3 Å². The van der Waals surface area contributed by atoms with Gasteiger partial charge in [0.05, 0.1) is 18.0 Å². The summed E-state index contributed by atoms with van der Waals surface area (Å²) in [6.45, 7) is 3.48. The number of aromatic nitrogens is 1. The van der Waals surface area contributed by atoms with Crippen molar-refractivity contribution in [1.82, 2.24) is 9.88 Å². The number of aryl methyl sites for hydroxylation is 1. The maximum Gasteiger partial charge on any atom is 0.311 e. The summed E-state index contributed by atoms with van der Waals surface area (Å²) in [6.07, 6.45) is 3.48. The zero-order valence-corrected chi connectivity index (χ0v) is 13.4. The molecule has 2 heterocycles. The van der Waals surface area contributed by atoms with Gasteiger partial charge < -0.3 is 15.0 Å². The predicted molar refractivity (Wildman–Crippen MR) is 85.3 cm³/mol. The van der Waals surface area contributed by atoms with E-state index in [1.54, 1.807) is 20.2 Å². The van der Waals surface area contributed by atoms with Gasteiger partial charge in [-0.15, -0.1) is 0 Å². The number of nitro groups is 1. The van der Waals surface area contributed by atoms with Gasteiger partial charge in [0, 0.05) is 38.5 Å². The molecule has 2 rings (SSSR count). The number of anilines is 1. The van der Waals surface area contributed by atoms with Gasteiger partial charge in [-0.1, -0.05) is 0 Å². The van der Waals surface area contributed by atoms with E-state index in [1.165, 1.54) is 6.07 Å². The summed E-state index contributed by atoms with van der Waals surface area (Å²) in [7, 11) is 1.57. The number of rotatable bonds is 6. The SMILES string of the molecule is COCCC(=O)N1CCC(Nc2ncc(C)cc2[N+](=O)[O-])CC1. The number of piperidine rings is 1. The van der Waals surface area contributed by atoms with Gasteiger partial charge in [-0.3, -0.25) is 14.9 Å². The summed E-state index contributed by atoms with van der Waals surface area (Å²) in [6, 6.07) is 1.59. The molecule has 1 aromatic heterocycles. The summed E-state index contributed by atoms with van der Waals surface area (Å²) in [4.78, 5) is 28.6. The van der Waals surface area contributed by atoms with Crippen molar-refractivity contribution in [2.75, 3.05) is 32.1 Å². The normalized spacial score (nSPS) is 15.5. The third kappa shape index (κ3) is 4.62. The summed E-state index contributed by atoms with van der Waals surface area (Å²) in [5.74, 6) is 0.384. The molecule has 0 spiro atoms. The molecule has 0 bridgehead atoms. The second-order valence-corrected chi connectivity index (χ2v) is 5.68. The van der Waals surface area contributed by atoms with E-state index in [0.717, 1.165) is 18.4 Å². The Bertz CT molecular complexity index is 571. The number of amides is 1. The number of carbonyl (C=O) groups is 1. The molecule has 0 unspecified atom stereocenters. The fourth-order valence-electron chi connectivity index (χ4n) is 2.62. The van der Waals surface area contributed by atoms with E-state index >= 15 is 0 Å². The van der Waals surface area contributed by atoms with Crippen LogP contribution >= 0.6 is 0 Å². The molecular weight excluding hydrogens is 300 g/mol. The Balaban J connectivity index is 1.92. The topological polar surface area (TPSA) is 97.6 Å². The van der Waals surface area contributed by atoms with E-state index in [9.17, 15) is 14.9 Å². The van der Waals surface area contributed by atoms with Crippen molar-refractivity contribution in [1.29, 1.82) is 0 Å². The summed E-state index contributed by atoms with van der Waals surface area (Å²) in [5, 5.41) is 14.3. The predicted octanol–water partition coefficient (Wildman–Crippen LogP) is 1.74. The maximum absolute atomic E-state index is 11.9. The Morgan fingerprint density at radius 1 is 1.52 bits per heavy atom. The monoisotopic (exact) mass is 322 g/mol. The highest BCUT2D eigenvalue weighted by Gasteiger charge is 2.25. The third-order valence-electron chi connectivity index (χ3n) is 3.91. The van der Waals surface area contributed by atoms with Gasteiger partial charge in [0.15, 0.2) is 0 Å². The zero-order chi connectivity index (χ0) is 16.8. The number of pyridine rings is 1. The van der Waals surface area contributed by atoms with Crippen LogP contribution in [0.25, 0.3) is 0 Å². The van der Waals surface area contributed by atoms with Crippen LogP contribution < -0.4 is 5.32 Å². The maximum atomic E-state index is 11.9. The smallest absolute Gasteiger partial charge is 0.311 e. The third-order valence-corrected chi connectivity index (χ3v) is 3.91. The van der Waals surface area contributed by atoms with Crippen LogP contribution in [-0.4, -0.2) is 53.6 Å². The van der Waals surface area contributed by atoms with Crippen LogP contribution in [0.5, 0.6) is 0 Å². The van der Waals surface area contributed by atoms with Crippen molar-refractivity contribution in [2.24, 2.45) is 0 Å². The Morgan fingerprint density at radius 3 is 2.83 bits per heavy atom. The van der Waals surface area contributed by atoms with Crippen LogP contribution in [0.15, 0.2) is 12.3 Å². The number of ether oxygens (including phenoxy) is 1. The molecule has 1 N–H and O–H groups in total. The van der Waals surface area contributed by atoms with Gasteiger partial charge in [0.25, 0.3) is 0 Å². The summed E-state index contributed by atoms with van der Waals surface area (Å²) in [5.41, 5.74) is 0.740. The molecule has 1 aliphatic rings. The molecule has 126 valence electrons. The Labute approximate surface area is 135 Å². The first kappa shape index (κ1) is 17.1. The van der Waals surface area contributed by atoms with Crippen molar-refractivity contribution < 1.29 is 14.5 Å². The average Bonchev–Trinajstić information content (AvgIpc) is 2.54. The summed E-state index contributed by atoms with van der Waals surface area (Å²) < 4.78 is 4.92. The van der Waals surface area contributed by atoms with Crippen LogP contribution in [0.2, 0.25) is 0 Å². The van der Waals surface area contributed by atoms with Crippen LogP contribution in [0, 0.1) is 17.0 Å². The van der Waals surface area contributed by atoms with E-state index in [0.29, 0.717) is 31.9 Å². The highest BCUT2D eigenvalue weighted by molar-refractivity contribution is 5.76. The molecule has 8 heteroatoms. The van der Waals surface area contributed by atoms with Crippen molar-refractivity contribution in [3.8, 4) is 0 Å². The van der Waals surface area contributed by atoms with Gasteiger partial charge in [-0.25, -0.2) is 4.98 Å². The molecule has 1 fully saturated rings. The fourth-order valence-corrected chi connectivity index (χ4v) is 2.62. The van der Waals surface area contributed by atoms with Crippen LogP contribution in [0.1, 0.15) is 24.8 Å². The van der Waals surface area contributed by atoms with Crippen LogP contribution in [-0.2, 0) is 9.53 Å². The van der Waals surface area contributed by atoms with Crippen molar-refractivity contribution in [3.63, 3.8) is 0 Å². The second-order valence-electron chi connectivity index (χ2n) is 5.68. The van der Waals surface area contributed by atoms with E-state index < -0.39 is 4.92 Å². The Kier molecular flexibility index (Phi) is 5.86. The first-order chi connectivity index (χ1) is 11.0. The molecule has 0 aliphatic carbocycles. The lowest BCUT2D eigenvalue weighted by molar-refractivity contribution is -0.384. The Morgan fingerprint density at radius 2 is 2.22 bits per heavy atom. The molecular formula is C15H22N4O4. The number of nitrogens with one attached hydrogen (secondary N) is 1. The molecule has 1 aliphatic heterocycles. The molecule has 1 amide bonds. The van der Waals surface area contributed by atoms with Gasteiger partial charge in [-0.05, 0) is 25.3 Å². The summed E-state index contributed by atoms with van der Waals surface area (Å²) >= 11 is 0. The number of methoxy groups -OCH3 is 1. The van der Waals surface area contributed by atoms with Crippen molar-refractivity contribution >= 4 is 17.4 Å². The quantitative estimate of drug-likeness (QED) is 0.633. The number of carbonyl (C=O) groups excluding carboxylic acids is 1. The molecule has 0 saturated carbocycles. The second kappa shape index (κ2) is 7.87. The lowest BCUT2D eigenvalue weighted by Crippen LogP contribution is -2.42. The highest BCUT2D eigenvalue weighted by Crippen LogP contribution is 2.25. The lowest BCUT2D eigenvalue weighted by atomic mass is 10.0. The molecule has 23 heavy (non-hydrogen) atoms. The first-order valence-electron chi connectivity index (χ1n) is 7.65. The lowest BCUT2D eigenvalue weighted by Gasteiger charge is -2.32. The number of hydrogen-bond acceptors (Lipinski definition) is 6. The van der Waals surface area contributed by atoms with Gasteiger partial charge >= 0.3 is 5.69 Å². The van der Waals surface area contributed by atoms with E-state index in [1.807, 2.05) is 4.90 Å². The van der Waals surface area contributed by atoms with Gasteiger partial charge in [-0.2, -0.15) is 0 Å². The van der Waals surface area contributed by atoms with E-state index in [4.69, 9.17) is 4.74 Å². The number of hydrogen-bond donors (Lipinski definition) is 1.